The summed E-state index contributed by atoms with van der Waals surface area (Å²) in [6.07, 6.45) is -4.60. The van der Waals surface area contributed by atoms with Crippen molar-refractivity contribution in [3.05, 3.63) is 59.7 Å². The van der Waals surface area contributed by atoms with Crippen LogP contribution in [0.15, 0.2) is 48.5 Å². The van der Waals surface area contributed by atoms with Crippen LogP contribution in [-0.2, 0) is 25.2 Å². The van der Waals surface area contributed by atoms with Crippen LogP contribution in [0.1, 0.15) is 22.8 Å². The molecule has 1 aliphatic heterocycles. The summed E-state index contributed by atoms with van der Waals surface area (Å²) < 4.78 is 54.0. The minimum Gasteiger partial charge on any atom is -0.484 e. The molecule has 2 aromatic carbocycles. The summed E-state index contributed by atoms with van der Waals surface area (Å²) in [7, 11) is 0. The number of hydrogen-bond acceptors (Lipinski definition) is 6. The van der Waals surface area contributed by atoms with E-state index in [1.54, 1.807) is 4.90 Å². The molecule has 2 aromatic rings. The lowest BCUT2D eigenvalue weighted by molar-refractivity contribution is -0.141. The van der Waals surface area contributed by atoms with Crippen LogP contribution >= 0.6 is 0 Å². The number of morpholine rings is 1. The van der Waals surface area contributed by atoms with Crippen LogP contribution in [0.25, 0.3) is 0 Å². The SMILES string of the molecule is CC1CN(C(=O)COC(=O)c2ccc(OCC(=O)Nc3cccc(C(F)(F)F)c3)cc2)CCO1. The summed E-state index contributed by atoms with van der Waals surface area (Å²) in [4.78, 5) is 37.9. The molecule has 0 radical (unpaired) electrons. The van der Waals surface area contributed by atoms with Gasteiger partial charge in [0.05, 0.1) is 23.8 Å². The zero-order valence-electron chi connectivity index (χ0n) is 18.3. The van der Waals surface area contributed by atoms with E-state index in [0.29, 0.717) is 19.7 Å². The number of carbonyl (C=O) groups excluding carboxylic acids is 3. The number of amides is 2. The Balaban J connectivity index is 1.44. The fraction of sp³-hybridized carbons (Fsp3) is 0.348. The van der Waals surface area contributed by atoms with Gasteiger partial charge < -0.3 is 24.4 Å². The second kappa shape index (κ2) is 11.0. The average Bonchev–Trinajstić information content (AvgIpc) is 2.81. The van der Waals surface area contributed by atoms with Crippen LogP contribution in [0.5, 0.6) is 5.75 Å². The zero-order chi connectivity index (χ0) is 24.7. The quantitative estimate of drug-likeness (QED) is 0.612. The number of rotatable bonds is 7. The summed E-state index contributed by atoms with van der Waals surface area (Å²) in [5.74, 6) is -1.40. The van der Waals surface area contributed by atoms with Crippen molar-refractivity contribution in [3.63, 3.8) is 0 Å². The second-order valence-corrected chi connectivity index (χ2v) is 7.54. The van der Waals surface area contributed by atoms with Crippen molar-refractivity contribution in [1.82, 2.24) is 4.90 Å². The molecule has 1 saturated heterocycles. The van der Waals surface area contributed by atoms with Gasteiger partial charge in [0.25, 0.3) is 11.8 Å². The molecule has 2 amide bonds. The highest BCUT2D eigenvalue weighted by molar-refractivity contribution is 5.92. The minimum atomic E-state index is -4.52. The topological polar surface area (TPSA) is 94.2 Å². The third-order valence-corrected chi connectivity index (χ3v) is 4.85. The Morgan fingerprint density at radius 3 is 2.53 bits per heavy atom. The monoisotopic (exact) mass is 480 g/mol. The molecule has 0 saturated carbocycles. The lowest BCUT2D eigenvalue weighted by Gasteiger charge is -2.30. The van der Waals surface area contributed by atoms with Gasteiger partial charge in [-0.25, -0.2) is 4.79 Å². The summed E-state index contributed by atoms with van der Waals surface area (Å²) in [5, 5.41) is 2.33. The Morgan fingerprint density at radius 2 is 1.85 bits per heavy atom. The summed E-state index contributed by atoms with van der Waals surface area (Å²) in [6.45, 7) is 2.31. The van der Waals surface area contributed by atoms with E-state index in [-0.39, 0.29) is 35.6 Å². The number of halogens is 3. The van der Waals surface area contributed by atoms with Crippen LogP contribution < -0.4 is 10.1 Å². The Hall–Kier alpha value is -3.60. The predicted octanol–water partition coefficient (Wildman–Crippen LogP) is 3.13. The Kier molecular flexibility index (Phi) is 8.11. The first-order valence-electron chi connectivity index (χ1n) is 10.4. The van der Waals surface area contributed by atoms with E-state index in [0.717, 1.165) is 12.1 Å². The molecule has 34 heavy (non-hydrogen) atoms. The van der Waals surface area contributed by atoms with Gasteiger partial charge in [-0.2, -0.15) is 13.2 Å². The molecule has 0 aliphatic carbocycles. The van der Waals surface area contributed by atoms with E-state index in [2.05, 4.69) is 5.32 Å². The number of carbonyl (C=O) groups is 3. The molecule has 1 heterocycles. The molecule has 0 bridgehead atoms. The number of esters is 1. The van der Waals surface area contributed by atoms with Crippen LogP contribution in [-0.4, -0.2) is 61.7 Å². The Bertz CT molecular complexity index is 1030. The van der Waals surface area contributed by atoms with E-state index < -0.39 is 30.2 Å². The third kappa shape index (κ3) is 7.20. The van der Waals surface area contributed by atoms with Gasteiger partial charge in [-0.3, -0.25) is 9.59 Å². The maximum Gasteiger partial charge on any atom is 0.416 e. The molecule has 8 nitrogen and oxygen atoms in total. The van der Waals surface area contributed by atoms with Crippen molar-refractivity contribution < 1.29 is 41.8 Å². The van der Waals surface area contributed by atoms with Gasteiger partial charge in [0.15, 0.2) is 13.2 Å². The first-order chi connectivity index (χ1) is 16.1. The van der Waals surface area contributed by atoms with E-state index in [1.165, 1.54) is 36.4 Å². The van der Waals surface area contributed by atoms with Crippen molar-refractivity contribution >= 4 is 23.5 Å². The first kappa shape index (κ1) is 25.0. The highest BCUT2D eigenvalue weighted by atomic mass is 19.4. The average molecular weight is 480 g/mol. The lowest BCUT2D eigenvalue weighted by atomic mass is 10.2. The van der Waals surface area contributed by atoms with Crippen molar-refractivity contribution in [2.45, 2.75) is 19.2 Å². The van der Waals surface area contributed by atoms with E-state index in [4.69, 9.17) is 14.2 Å². The van der Waals surface area contributed by atoms with Gasteiger partial charge in [-0.15, -0.1) is 0 Å². The molecule has 1 fully saturated rings. The van der Waals surface area contributed by atoms with Gasteiger partial charge in [0.2, 0.25) is 0 Å². The molecule has 3 rings (SSSR count). The standard InChI is InChI=1S/C23H23F3N2O6/c1-15-12-28(9-10-32-15)21(30)14-34-22(31)16-5-7-19(8-6-16)33-13-20(29)27-18-4-2-3-17(11-18)23(24,25)26/h2-8,11,15H,9-10,12-14H2,1H3,(H,27,29). The van der Waals surface area contributed by atoms with Gasteiger partial charge in [-0.1, -0.05) is 6.07 Å². The van der Waals surface area contributed by atoms with Gasteiger partial charge >= 0.3 is 12.1 Å². The van der Waals surface area contributed by atoms with E-state index >= 15 is 0 Å². The van der Waals surface area contributed by atoms with Crippen molar-refractivity contribution in [3.8, 4) is 5.75 Å². The maximum absolute atomic E-state index is 12.8. The summed E-state index contributed by atoms with van der Waals surface area (Å²) in [6, 6.07) is 9.91. The minimum absolute atomic E-state index is 0.0115. The Labute approximate surface area is 193 Å². The summed E-state index contributed by atoms with van der Waals surface area (Å²) in [5.41, 5.74) is -0.707. The molecular formula is C23H23F3N2O6. The molecule has 1 aliphatic rings. The highest BCUT2D eigenvalue weighted by Crippen LogP contribution is 2.30. The normalized spacial score (nSPS) is 16.0. The maximum atomic E-state index is 12.8. The third-order valence-electron chi connectivity index (χ3n) is 4.85. The molecule has 0 aromatic heterocycles. The summed E-state index contributed by atoms with van der Waals surface area (Å²) >= 11 is 0. The zero-order valence-corrected chi connectivity index (χ0v) is 18.3. The Morgan fingerprint density at radius 1 is 1.12 bits per heavy atom. The smallest absolute Gasteiger partial charge is 0.416 e. The van der Waals surface area contributed by atoms with Crippen LogP contribution in [0.2, 0.25) is 0 Å². The van der Waals surface area contributed by atoms with Crippen LogP contribution in [0.3, 0.4) is 0 Å². The molecule has 1 unspecified atom stereocenters. The number of nitrogens with zero attached hydrogens (tertiary/aromatic N) is 1. The molecule has 0 spiro atoms. The number of alkyl halides is 3. The lowest BCUT2D eigenvalue weighted by Crippen LogP contribution is -2.46. The highest BCUT2D eigenvalue weighted by Gasteiger charge is 2.30. The molecular weight excluding hydrogens is 457 g/mol. The first-order valence-corrected chi connectivity index (χ1v) is 10.4. The molecule has 1 N–H and O–H groups in total. The molecule has 1 atom stereocenters. The van der Waals surface area contributed by atoms with Crippen molar-refractivity contribution in [1.29, 1.82) is 0 Å². The van der Waals surface area contributed by atoms with Crippen molar-refractivity contribution in [2.75, 3.05) is 38.2 Å². The second-order valence-electron chi connectivity index (χ2n) is 7.54. The number of nitrogens with one attached hydrogen (secondary N) is 1. The van der Waals surface area contributed by atoms with Gasteiger partial charge in [0.1, 0.15) is 5.75 Å². The largest absolute Gasteiger partial charge is 0.484 e. The van der Waals surface area contributed by atoms with Crippen LogP contribution in [0.4, 0.5) is 18.9 Å². The fourth-order valence-electron chi connectivity index (χ4n) is 3.15. The van der Waals surface area contributed by atoms with E-state index in [1.807, 2.05) is 6.92 Å². The predicted molar refractivity (Wildman–Crippen MR) is 114 cm³/mol. The van der Waals surface area contributed by atoms with Crippen molar-refractivity contribution in [2.24, 2.45) is 0 Å². The molecule has 11 heteroatoms. The molecule has 182 valence electrons. The van der Waals surface area contributed by atoms with E-state index in [9.17, 15) is 27.6 Å². The number of anilines is 1. The van der Waals surface area contributed by atoms with Gasteiger partial charge in [-0.05, 0) is 49.4 Å². The van der Waals surface area contributed by atoms with Crippen LogP contribution in [0, 0.1) is 0 Å². The number of benzene rings is 2. The number of hydrogen-bond donors (Lipinski definition) is 1. The number of ether oxygens (including phenoxy) is 3. The van der Waals surface area contributed by atoms with Gasteiger partial charge in [0, 0.05) is 18.8 Å². The fourth-order valence-corrected chi connectivity index (χ4v) is 3.15.